The summed E-state index contributed by atoms with van der Waals surface area (Å²) in [6, 6.07) is 7.36. The average molecular weight is 221 g/mol. The fourth-order valence-corrected chi connectivity index (χ4v) is 1.36. The second-order valence-corrected chi connectivity index (χ2v) is 3.24. The first-order chi connectivity index (χ1) is 7.67. The minimum absolute atomic E-state index is 0.109. The van der Waals surface area contributed by atoms with Crippen molar-refractivity contribution in [3.63, 3.8) is 0 Å². The van der Waals surface area contributed by atoms with E-state index in [9.17, 15) is 4.79 Å². The smallest absolute Gasteiger partial charge is 0.328 e. The number of carboxylic acids is 1. The number of nitrogens with one attached hydrogen (secondary N) is 1. The molecule has 0 saturated heterocycles. The highest BCUT2D eigenvalue weighted by atomic mass is 16.5. The second-order valence-electron chi connectivity index (χ2n) is 3.24. The molecule has 1 aromatic rings. The van der Waals surface area contributed by atoms with Crippen LogP contribution >= 0.6 is 0 Å². The molecule has 0 aromatic heterocycles. The third-order valence-electron chi connectivity index (χ3n) is 2.22. The lowest BCUT2D eigenvalue weighted by atomic mass is 10.1. The van der Waals surface area contributed by atoms with E-state index in [1.54, 1.807) is 20.2 Å². The molecule has 0 radical (unpaired) electrons. The van der Waals surface area contributed by atoms with E-state index >= 15 is 0 Å². The molecule has 2 N–H and O–H groups in total. The van der Waals surface area contributed by atoms with Crippen LogP contribution in [0.15, 0.2) is 36.4 Å². The number of likely N-dealkylation sites (N-methyl/N-ethyl adjacent to an activating group) is 1. The summed E-state index contributed by atoms with van der Waals surface area (Å²) in [6.07, 6.45) is 2.73. The Balaban J connectivity index is 2.82. The first-order valence-corrected chi connectivity index (χ1v) is 4.89. The van der Waals surface area contributed by atoms with Gasteiger partial charge in [0.2, 0.25) is 0 Å². The topological polar surface area (TPSA) is 58.6 Å². The Morgan fingerprint density at radius 1 is 1.44 bits per heavy atom. The molecule has 0 aliphatic rings. The fraction of sp³-hybridized carbons (Fsp3) is 0.250. The molecule has 0 heterocycles. The van der Waals surface area contributed by atoms with Crippen LogP contribution < -0.4 is 10.1 Å². The molecule has 0 bridgehead atoms. The highest BCUT2D eigenvalue weighted by Crippen LogP contribution is 2.18. The van der Waals surface area contributed by atoms with Gasteiger partial charge in [-0.1, -0.05) is 18.2 Å². The highest BCUT2D eigenvalue weighted by molar-refractivity contribution is 5.79. The summed E-state index contributed by atoms with van der Waals surface area (Å²) >= 11 is 0. The van der Waals surface area contributed by atoms with Gasteiger partial charge in [0.15, 0.2) is 0 Å². The number of rotatable bonds is 5. The van der Waals surface area contributed by atoms with Crippen LogP contribution in [-0.2, 0) is 4.79 Å². The van der Waals surface area contributed by atoms with E-state index in [0.717, 1.165) is 17.4 Å². The lowest BCUT2D eigenvalue weighted by Crippen LogP contribution is -2.14. The molecule has 1 rings (SSSR count). The second kappa shape index (κ2) is 5.92. The number of hydrogen-bond donors (Lipinski definition) is 2. The maximum atomic E-state index is 10.4. The van der Waals surface area contributed by atoms with Gasteiger partial charge in [-0.25, -0.2) is 4.79 Å². The van der Waals surface area contributed by atoms with Crippen LogP contribution in [0.4, 0.5) is 0 Å². The first-order valence-electron chi connectivity index (χ1n) is 4.89. The molecule has 0 amide bonds. The summed E-state index contributed by atoms with van der Waals surface area (Å²) in [5.74, 6) is -0.172. The number of aliphatic carboxylic acids is 1. The Morgan fingerprint density at radius 3 is 2.50 bits per heavy atom. The van der Waals surface area contributed by atoms with E-state index < -0.39 is 5.97 Å². The first kappa shape index (κ1) is 12.3. The van der Waals surface area contributed by atoms with Gasteiger partial charge in [-0.3, -0.25) is 0 Å². The van der Waals surface area contributed by atoms with Crippen LogP contribution in [-0.4, -0.2) is 25.2 Å². The van der Waals surface area contributed by atoms with Crippen LogP contribution in [0.2, 0.25) is 0 Å². The zero-order chi connectivity index (χ0) is 12.0. The van der Waals surface area contributed by atoms with Gasteiger partial charge < -0.3 is 15.2 Å². The normalized spacial score (nSPS) is 12.6. The van der Waals surface area contributed by atoms with E-state index in [-0.39, 0.29) is 6.04 Å². The van der Waals surface area contributed by atoms with Crippen molar-refractivity contribution in [3.8, 4) is 5.75 Å². The lowest BCUT2D eigenvalue weighted by Gasteiger charge is -2.12. The van der Waals surface area contributed by atoms with Crippen molar-refractivity contribution < 1.29 is 14.6 Å². The van der Waals surface area contributed by atoms with Gasteiger partial charge in [-0.15, -0.1) is 0 Å². The minimum atomic E-state index is -0.950. The molecule has 1 atom stereocenters. The van der Waals surface area contributed by atoms with Crippen molar-refractivity contribution in [2.24, 2.45) is 0 Å². The maximum absolute atomic E-state index is 10.4. The zero-order valence-electron chi connectivity index (χ0n) is 9.31. The maximum Gasteiger partial charge on any atom is 0.328 e. The number of methoxy groups -OCH3 is 1. The van der Waals surface area contributed by atoms with E-state index in [0.29, 0.717) is 0 Å². The summed E-state index contributed by atoms with van der Waals surface area (Å²) in [4.78, 5) is 10.4. The van der Waals surface area contributed by atoms with Crippen molar-refractivity contribution in [1.82, 2.24) is 5.32 Å². The van der Waals surface area contributed by atoms with Crippen LogP contribution in [0, 0.1) is 0 Å². The molecule has 0 fully saturated rings. The summed E-state index contributed by atoms with van der Waals surface area (Å²) in [5, 5.41) is 11.6. The van der Waals surface area contributed by atoms with Gasteiger partial charge in [-0.2, -0.15) is 0 Å². The number of carboxylic acid groups (broad SMARTS) is 1. The van der Waals surface area contributed by atoms with Gasteiger partial charge in [-0.05, 0) is 24.7 Å². The third-order valence-corrected chi connectivity index (χ3v) is 2.22. The van der Waals surface area contributed by atoms with Gasteiger partial charge in [0, 0.05) is 6.08 Å². The van der Waals surface area contributed by atoms with E-state index in [4.69, 9.17) is 9.84 Å². The molecule has 0 aliphatic heterocycles. The minimum Gasteiger partial charge on any atom is -0.497 e. The van der Waals surface area contributed by atoms with E-state index in [1.807, 2.05) is 24.3 Å². The van der Waals surface area contributed by atoms with Gasteiger partial charge in [0.05, 0.1) is 13.2 Å². The summed E-state index contributed by atoms with van der Waals surface area (Å²) < 4.78 is 5.05. The quantitative estimate of drug-likeness (QED) is 0.741. The summed E-state index contributed by atoms with van der Waals surface area (Å²) in [6.45, 7) is 0. The predicted molar refractivity (Wildman–Crippen MR) is 61.6 cm³/mol. The van der Waals surface area contributed by atoms with Crippen molar-refractivity contribution in [1.29, 1.82) is 0 Å². The standard InChI is InChI=1S/C12H15NO3/c1-13-11(7-8-12(14)15)9-3-5-10(16-2)6-4-9/h3-8,11,13H,1-2H3,(H,14,15)/b8-7+. The van der Waals surface area contributed by atoms with E-state index in [2.05, 4.69) is 5.32 Å². The van der Waals surface area contributed by atoms with Crippen molar-refractivity contribution in [2.45, 2.75) is 6.04 Å². The molecule has 4 heteroatoms. The molecule has 16 heavy (non-hydrogen) atoms. The zero-order valence-corrected chi connectivity index (χ0v) is 9.31. The molecule has 0 spiro atoms. The Bertz CT molecular complexity index is 370. The van der Waals surface area contributed by atoms with Crippen LogP contribution in [0.1, 0.15) is 11.6 Å². The Hall–Kier alpha value is -1.81. The van der Waals surface area contributed by atoms with Crippen LogP contribution in [0.3, 0.4) is 0 Å². The summed E-state index contributed by atoms with van der Waals surface area (Å²) in [5.41, 5.74) is 0.987. The van der Waals surface area contributed by atoms with E-state index in [1.165, 1.54) is 0 Å². The molecule has 1 unspecified atom stereocenters. The van der Waals surface area contributed by atoms with Crippen molar-refractivity contribution in [2.75, 3.05) is 14.2 Å². The Kier molecular flexibility index (Phi) is 4.54. The molecule has 0 saturated carbocycles. The lowest BCUT2D eigenvalue weighted by molar-refractivity contribution is -0.131. The molecule has 86 valence electrons. The monoisotopic (exact) mass is 221 g/mol. The molecule has 4 nitrogen and oxygen atoms in total. The van der Waals surface area contributed by atoms with Gasteiger partial charge in [0.25, 0.3) is 0 Å². The molecular formula is C12H15NO3. The number of ether oxygens (including phenoxy) is 1. The Labute approximate surface area is 94.6 Å². The fourth-order valence-electron chi connectivity index (χ4n) is 1.36. The van der Waals surface area contributed by atoms with Crippen molar-refractivity contribution >= 4 is 5.97 Å². The average Bonchev–Trinajstić information content (AvgIpc) is 2.30. The number of benzene rings is 1. The Morgan fingerprint density at radius 2 is 2.06 bits per heavy atom. The third kappa shape index (κ3) is 3.40. The molecular weight excluding hydrogens is 206 g/mol. The molecule has 1 aromatic carbocycles. The highest BCUT2D eigenvalue weighted by Gasteiger charge is 2.05. The number of carbonyl (C=O) groups is 1. The van der Waals surface area contributed by atoms with Crippen molar-refractivity contribution in [3.05, 3.63) is 42.0 Å². The van der Waals surface area contributed by atoms with Gasteiger partial charge in [0.1, 0.15) is 5.75 Å². The van der Waals surface area contributed by atoms with Gasteiger partial charge >= 0.3 is 5.97 Å². The number of hydrogen-bond acceptors (Lipinski definition) is 3. The van der Waals surface area contributed by atoms with Crippen LogP contribution in [0.5, 0.6) is 5.75 Å². The molecule has 0 aliphatic carbocycles. The largest absolute Gasteiger partial charge is 0.497 e. The SMILES string of the molecule is CNC(/C=C/C(=O)O)c1ccc(OC)cc1. The summed E-state index contributed by atoms with van der Waals surface area (Å²) in [7, 11) is 3.38. The predicted octanol–water partition coefficient (Wildman–Crippen LogP) is 1.60. The van der Waals surface area contributed by atoms with Crippen LogP contribution in [0.25, 0.3) is 0 Å².